The van der Waals surface area contributed by atoms with E-state index in [1.165, 1.54) is 7.11 Å². The van der Waals surface area contributed by atoms with Crippen LogP contribution in [0.1, 0.15) is 26.5 Å². The largest absolute Gasteiger partial charge is 0.468 e. The van der Waals surface area contributed by atoms with Gasteiger partial charge in [0.1, 0.15) is 0 Å². The van der Waals surface area contributed by atoms with Crippen molar-refractivity contribution >= 4 is 39.0 Å². The van der Waals surface area contributed by atoms with Crippen molar-refractivity contribution in [3.8, 4) is 0 Å². The standard InChI is InChI=1S/C11H11BrO3S/c1-6-5-7-8(16-6)3-4-11(12,9(7)13)10(14)15-2/h5H,3-4H2,1-2H3. The highest BCUT2D eigenvalue weighted by Crippen LogP contribution is 2.39. The van der Waals surface area contributed by atoms with E-state index in [-0.39, 0.29) is 5.78 Å². The molecule has 0 aliphatic heterocycles. The number of ether oxygens (including phenoxy) is 1. The molecule has 0 saturated carbocycles. The van der Waals surface area contributed by atoms with Crippen LogP contribution in [0, 0.1) is 6.92 Å². The molecule has 2 rings (SSSR count). The molecular weight excluding hydrogens is 292 g/mol. The van der Waals surface area contributed by atoms with Crippen molar-refractivity contribution in [3.63, 3.8) is 0 Å². The highest BCUT2D eigenvalue weighted by molar-refractivity contribution is 9.10. The van der Waals surface area contributed by atoms with Gasteiger partial charge in [-0.3, -0.25) is 9.59 Å². The number of thiophene rings is 1. The number of halogens is 1. The van der Waals surface area contributed by atoms with Crippen LogP contribution in [0.15, 0.2) is 6.07 Å². The van der Waals surface area contributed by atoms with Gasteiger partial charge in [-0.05, 0) is 25.8 Å². The van der Waals surface area contributed by atoms with Crippen molar-refractivity contribution in [3.05, 3.63) is 21.4 Å². The van der Waals surface area contributed by atoms with Gasteiger partial charge in [0.15, 0.2) is 10.1 Å². The number of carbonyl (C=O) groups is 2. The van der Waals surface area contributed by atoms with Crippen molar-refractivity contribution < 1.29 is 14.3 Å². The summed E-state index contributed by atoms with van der Waals surface area (Å²) < 4.78 is 3.50. The average Bonchev–Trinajstić information content (AvgIpc) is 2.64. The van der Waals surface area contributed by atoms with Gasteiger partial charge in [-0.25, -0.2) is 0 Å². The van der Waals surface area contributed by atoms with E-state index in [1.807, 2.05) is 13.0 Å². The van der Waals surface area contributed by atoms with Crippen molar-refractivity contribution in [1.29, 1.82) is 0 Å². The molecule has 0 radical (unpaired) electrons. The Kier molecular flexibility index (Phi) is 2.92. The Labute approximate surface area is 106 Å². The zero-order valence-corrected chi connectivity index (χ0v) is 11.4. The van der Waals surface area contributed by atoms with Crippen molar-refractivity contribution in [2.75, 3.05) is 7.11 Å². The van der Waals surface area contributed by atoms with Crippen LogP contribution in [0.5, 0.6) is 0 Å². The Morgan fingerprint density at radius 3 is 2.94 bits per heavy atom. The molecule has 0 bridgehead atoms. The Morgan fingerprint density at radius 2 is 2.31 bits per heavy atom. The number of methoxy groups -OCH3 is 1. The lowest BCUT2D eigenvalue weighted by molar-refractivity contribution is -0.142. The summed E-state index contributed by atoms with van der Waals surface area (Å²) in [4.78, 5) is 26.0. The van der Waals surface area contributed by atoms with E-state index < -0.39 is 10.3 Å². The summed E-state index contributed by atoms with van der Waals surface area (Å²) in [5.74, 6) is -0.683. The van der Waals surface area contributed by atoms with Gasteiger partial charge in [0.25, 0.3) is 0 Å². The summed E-state index contributed by atoms with van der Waals surface area (Å²) in [6.45, 7) is 1.96. The first-order valence-corrected chi connectivity index (χ1v) is 6.51. The predicted octanol–water partition coefficient (Wildman–Crippen LogP) is 2.49. The Hall–Kier alpha value is -0.680. The van der Waals surface area contributed by atoms with E-state index >= 15 is 0 Å². The van der Waals surface area contributed by atoms with Crippen molar-refractivity contribution in [2.24, 2.45) is 0 Å². The number of ketones is 1. The topological polar surface area (TPSA) is 43.4 Å². The van der Waals surface area contributed by atoms with E-state index in [0.717, 1.165) is 16.2 Å². The van der Waals surface area contributed by atoms with E-state index in [4.69, 9.17) is 0 Å². The number of Topliss-reactive ketones (excluding diaryl/α,β-unsaturated/α-hetero) is 1. The fourth-order valence-electron chi connectivity index (χ4n) is 1.91. The van der Waals surface area contributed by atoms with E-state index in [1.54, 1.807) is 11.3 Å². The zero-order valence-electron chi connectivity index (χ0n) is 9.00. The van der Waals surface area contributed by atoms with Gasteiger partial charge < -0.3 is 4.74 Å². The molecule has 5 heteroatoms. The molecule has 0 aromatic carbocycles. The Bertz CT molecular complexity index is 466. The van der Waals surface area contributed by atoms with Crippen LogP contribution in [0.4, 0.5) is 0 Å². The minimum Gasteiger partial charge on any atom is -0.468 e. The van der Waals surface area contributed by atoms with Gasteiger partial charge >= 0.3 is 5.97 Å². The Morgan fingerprint density at radius 1 is 1.62 bits per heavy atom. The molecule has 0 fully saturated rings. The summed E-state index contributed by atoms with van der Waals surface area (Å²) in [6.07, 6.45) is 1.20. The summed E-state index contributed by atoms with van der Waals surface area (Å²) in [7, 11) is 1.30. The van der Waals surface area contributed by atoms with Gasteiger partial charge in [0.2, 0.25) is 0 Å². The van der Waals surface area contributed by atoms with E-state index in [9.17, 15) is 9.59 Å². The van der Waals surface area contributed by atoms with Crippen LogP contribution in [-0.4, -0.2) is 23.2 Å². The van der Waals surface area contributed by atoms with E-state index in [2.05, 4.69) is 20.7 Å². The number of rotatable bonds is 1. The van der Waals surface area contributed by atoms with Crippen molar-refractivity contribution in [2.45, 2.75) is 24.1 Å². The fraction of sp³-hybridized carbons (Fsp3) is 0.455. The van der Waals surface area contributed by atoms with Crippen LogP contribution in [0.3, 0.4) is 0 Å². The maximum absolute atomic E-state index is 12.2. The number of alkyl halides is 1. The molecule has 86 valence electrons. The average molecular weight is 303 g/mol. The minimum atomic E-state index is -1.18. The molecule has 0 N–H and O–H groups in total. The number of hydrogen-bond acceptors (Lipinski definition) is 4. The van der Waals surface area contributed by atoms with Crippen LogP contribution >= 0.6 is 27.3 Å². The lowest BCUT2D eigenvalue weighted by Gasteiger charge is -2.26. The first kappa shape index (κ1) is 11.8. The molecule has 1 aromatic rings. The molecular formula is C11H11BrO3S. The van der Waals surface area contributed by atoms with Gasteiger partial charge in [-0.2, -0.15) is 0 Å². The van der Waals surface area contributed by atoms with Crippen LogP contribution < -0.4 is 0 Å². The first-order chi connectivity index (χ1) is 7.49. The molecule has 0 saturated heterocycles. The molecule has 0 amide bonds. The maximum Gasteiger partial charge on any atom is 0.330 e. The van der Waals surface area contributed by atoms with Gasteiger partial charge in [-0.1, -0.05) is 15.9 Å². The highest BCUT2D eigenvalue weighted by Gasteiger charge is 2.48. The molecule has 1 atom stereocenters. The molecule has 16 heavy (non-hydrogen) atoms. The number of esters is 1. The first-order valence-electron chi connectivity index (χ1n) is 4.90. The SMILES string of the molecule is COC(=O)C1(Br)CCc2sc(C)cc2C1=O. The molecule has 1 heterocycles. The molecule has 1 unspecified atom stereocenters. The van der Waals surface area contributed by atoms with Gasteiger partial charge in [0.05, 0.1) is 7.11 Å². The van der Waals surface area contributed by atoms with Gasteiger partial charge in [-0.15, -0.1) is 11.3 Å². The quantitative estimate of drug-likeness (QED) is 0.455. The fourth-order valence-corrected chi connectivity index (χ4v) is 3.51. The second-order valence-corrected chi connectivity index (χ2v) is 6.51. The molecule has 1 aromatic heterocycles. The lowest BCUT2D eigenvalue weighted by atomic mass is 9.87. The smallest absolute Gasteiger partial charge is 0.330 e. The summed E-state index contributed by atoms with van der Waals surface area (Å²) >= 11 is 4.87. The van der Waals surface area contributed by atoms with E-state index in [0.29, 0.717) is 12.0 Å². The maximum atomic E-state index is 12.2. The van der Waals surface area contributed by atoms with Crippen LogP contribution in [0.2, 0.25) is 0 Å². The van der Waals surface area contributed by atoms with Crippen molar-refractivity contribution in [1.82, 2.24) is 0 Å². The summed E-state index contributed by atoms with van der Waals surface area (Å²) in [5, 5.41) is 0. The number of fused-ring (bicyclic) bond motifs is 1. The summed E-state index contributed by atoms with van der Waals surface area (Å²) in [6, 6.07) is 1.85. The normalized spacial score (nSPS) is 24.1. The molecule has 1 aliphatic rings. The highest BCUT2D eigenvalue weighted by atomic mass is 79.9. The second-order valence-electron chi connectivity index (χ2n) is 3.82. The third kappa shape index (κ3) is 1.62. The molecule has 1 aliphatic carbocycles. The molecule has 0 spiro atoms. The lowest BCUT2D eigenvalue weighted by Crippen LogP contribution is -2.44. The number of hydrogen-bond donors (Lipinski definition) is 0. The molecule has 3 nitrogen and oxygen atoms in total. The van der Waals surface area contributed by atoms with Crippen LogP contribution in [0.25, 0.3) is 0 Å². The Balaban J connectivity index is 2.44. The summed E-state index contributed by atoms with van der Waals surface area (Å²) in [5.41, 5.74) is 0.663. The minimum absolute atomic E-state index is 0.176. The number of aryl methyl sites for hydroxylation is 2. The predicted molar refractivity (Wildman–Crippen MR) is 65.4 cm³/mol. The second kappa shape index (κ2) is 3.96. The third-order valence-corrected chi connectivity index (χ3v) is 4.93. The van der Waals surface area contributed by atoms with Crippen LogP contribution in [-0.2, 0) is 16.0 Å². The third-order valence-electron chi connectivity index (χ3n) is 2.74. The monoisotopic (exact) mass is 302 g/mol. The zero-order chi connectivity index (χ0) is 11.9. The van der Waals surface area contributed by atoms with Gasteiger partial charge in [0, 0.05) is 15.3 Å². The number of carbonyl (C=O) groups excluding carboxylic acids is 2.